The van der Waals surface area contributed by atoms with Crippen molar-refractivity contribution in [1.82, 2.24) is 0 Å². The van der Waals surface area contributed by atoms with E-state index in [4.69, 9.17) is 9.47 Å². The largest absolute Gasteiger partial charge is 0.496 e. The molecular formula is C41H40O4. The van der Waals surface area contributed by atoms with Gasteiger partial charge in [0.15, 0.2) is 11.6 Å². The average Bonchev–Trinajstić information content (AvgIpc) is 3.02. The Labute approximate surface area is 266 Å². The molecule has 0 amide bonds. The third-order valence-corrected chi connectivity index (χ3v) is 8.63. The maximum absolute atomic E-state index is 13.2. The van der Waals surface area contributed by atoms with Crippen LogP contribution in [-0.2, 0) is 5.41 Å². The number of carbonyl (C=O) groups is 2. The van der Waals surface area contributed by atoms with Gasteiger partial charge in [-0.05, 0) is 92.3 Å². The molecule has 4 heteroatoms. The molecule has 5 aromatic rings. The highest BCUT2D eigenvalue weighted by Crippen LogP contribution is 2.39. The molecule has 45 heavy (non-hydrogen) atoms. The van der Waals surface area contributed by atoms with Crippen LogP contribution in [0, 0.1) is 34.6 Å². The summed E-state index contributed by atoms with van der Waals surface area (Å²) >= 11 is 0. The molecule has 0 atom stereocenters. The van der Waals surface area contributed by atoms with Crippen molar-refractivity contribution in [2.24, 2.45) is 0 Å². The molecular weight excluding hydrogens is 556 g/mol. The summed E-state index contributed by atoms with van der Waals surface area (Å²) in [4.78, 5) is 26.0. The molecule has 0 unspecified atom stereocenters. The number of aryl methyl sites for hydroxylation is 5. The zero-order chi connectivity index (χ0) is 32.5. The lowest BCUT2D eigenvalue weighted by molar-refractivity contribution is 0.102. The van der Waals surface area contributed by atoms with E-state index < -0.39 is 0 Å². The fraction of sp³-hybridized carbons (Fsp3) is 0.220. The van der Waals surface area contributed by atoms with E-state index in [2.05, 4.69) is 65.8 Å². The van der Waals surface area contributed by atoms with E-state index in [0.29, 0.717) is 28.0 Å². The van der Waals surface area contributed by atoms with E-state index in [-0.39, 0.29) is 17.0 Å². The maximum atomic E-state index is 13.2. The maximum Gasteiger partial charge on any atom is 0.193 e. The number of rotatable bonds is 9. The molecule has 228 valence electrons. The Kier molecular flexibility index (Phi) is 8.79. The predicted octanol–water partition coefficient (Wildman–Crippen LogP) is 9.82. The van der Waals surface area contributed by atoms with Crippen LogP contribution >= 0.6 is 0 Å². The Balaban J connectivity index is 1.31. The molecule has 0 saturated heterocycles. The van der Waals surface area contributed by atoms with Crippen molar-refractivity contribution < 1.29 is 19.1 Å². The van der Waals surface area contributed by atoms with Crippen LogP contribution in [0.2, 0.25) is 0 Å². The Hall–Kier alpha value is -4.96. The summed E-state index contributed by atoms with van der Waals surface area (Å²) in [6.07, 6.45) is 0. The third kappa shape index (κ3) is 6.46. The first-order valence-corrected chi connectivity index (χ1v) is 15.2. The summed E-state index contributed by atoms with van der Waals surface area (Å²) in [6.45, 7) is 14.8. The van der Waals surface area contributed by atoms with Crippen molar-refractivity contribution in [2.75, 3.05) is 7.11 Å². The second-order valence-corrected chi connectivity index (χ2v) is 12.4. The molecule has 0 radical (unpaired) electrons. The highest BCUT2D eigenvalue weighted by Gasteiger charge is 2.26. The first kappa shape index (κ1) is 31.5. The van der Waals surface area contributed by atoms with Gasteiger partial charge in [-0.15, -0.1) is 0 Å². The van der Waals surface area contributed by atoms with Crippen molar-refractivity contribution in [2.45, 2.75) is 53.9 Å². The van der Waals surface area contributed by atoms with Gasteiger partial charge in [0.1, 0.15) is 17.2 Å². The van der Waals surface area contributed by atoms with Crippen LogP contribution in [0.1, 0.15) is 84.6 Å². The van der Waals surface area contributed by atoms with E-state index in [1.165, 1.54) is 11.1 Å². The number of benzene rings is 5. The predicted molar refractivity (Wildman–Crippen MR) is 182 cm³/mol. The van der Waals surface area contributed by atoms with Crippen LogP contribution in [0.3, 0.4) is 0 Å². The molecule has 0 aliphatic carbocycles. The van der Waals surface area contributed by atoms with Crippen LogP contribution in [0.25, 0.3) is 0 Å². The van der Waals surface area contributed by atoms with E-state index in [1.54, 1.807) is 43.5 Å². The lowest BCUT2D eigenvalue weighted by atomic mass is 9.76. The minimum Gasteiger partial charge on any atom is -0.496 e. The van der Waals surface area contributed by atoms with Gasteiger partial charge >= 0.3 is 0 Å². The van der Waals surface area contributed by atoms with Crippen molar-refractivity contribution in [1.29, 1.82) is 0 Å². The molecule has 0 spiro atoms. The van der Waals surface area contributed by atoms with E-state index in [0.717, 1.165) is 39.3 Å². The van der Waals surface area contributed by atoms with Gasteiger partial charge in [-0.3, -0.25) is 9.59 Å². The summed E-state index contributed by atoms with van der Waals surface area (Å²) in [5.74, 6) is 2.22. The van der Waals surface area contributed by atoms with Crippen LogP contribution in [0.4, 0.5) is 0 Å². The molecule has 0 saturated carbocycles. The van der Waals surface area contributed by atoms with Gasteiger partial charge in [-0.1, -0.05) is 92.2 Å². The number of ether oxygens (including phenoxy) is 2. The average molecular weight is 597 g/mol. The molecule has 5 rings (SSSR count). The van der Waals surface area contributed by atoms with Gasteiger partial charge < -0.3 is 9.47 Å². The normalized spacial score (nSPS) is 11.3. The van der Waals surface area contributed by atoms with Gasteiger partial charge in [0, 0.05) is 27.7 Å². The van der Waals surface area contributed by atoms with Crippen LogP contribution < -0.4 is 9.47 Å². The molecule has 0 fully saturated rings. The SMILES string of the molecule is COc1c(C)cc(C(C)(C)c2cc(C)c(Oc3ccc(C(=O)c4ccc(C(=O)c5ccc(C)cc5)cc4)cc3)c(C)c2)cc1C. The van der Waals surface area contributed by atoms with Crippen LogP contribution in [-0.4, -0.2) is 18.7 Å². The Morgan fingerprint density at radius 1 is 0.511 bits per heavy atom. The quantitative estimate of drug-likeness (QED) is 0.159. The Morgan fingerprint density at radius 2 is 0.844 bits per heavy atom. The summed E-state index contributed by atoms with van der Waals surface area (Å²) in [5.41, 5.74) is 9.91. The molecule has 0 heterocycles. The fourth-order valence-electron chi connectivity index (χ4n) is 5.88. The highest BCUT2D eigenvalue weighted by molar-refractivity contribution is 6.11. The number of carbonyl (C=O) groups excluding carboxylic acids is 2. The zero-order valence-corrected chi connectivity index (χ0v) is 27.4. The van der Waals surface area contributed by atoms with Gasteiger partial charge in [0.2, 0.25) is 0 Å². The first-order valence-electron chi connectivity index (χ1n) is 15.2. The lowest BCUT2D eigenvalue weighted by Gasteiger charge is -2.29. The zero-order valence-electron chi connectivity index (χ0n) is 27.4. The Bertz CT molecular complexity index is 1830. The molecule has 0 aliphatic heterocycles. The summed E-state index contributed by atoms with van der Waals surface area (Å²) in [5, 5.41) is 0. The van der Waals surface area contributed by atoms with Crippen molar-refractivity contribution in [3.63, 3.8) is 0 Å². The highest BCUT2D eigenvalue weighted by atomic mass is 16.5. The second kappa shape index (κ2) is 12.6. The second-order valence-electron chi connectivity index (χ2n) is 12.4. The lowest BCUT2D eigenvalue weighted by Crippen LogP contribution is -2.20. The molecule has 0 bridgehead atoms. The standard InChI is InChI=1S/C41H40O4/c1-25-9-11-30(12-10-25)37(42)31-13-15-32(16-14-31)38(43)33-17-19-36(20-18-33)45-40-28(4)23-35(24-29(40)5)41(6,7)34-21-26(2)39(44-8)27(3)22-34/h9-24H,1-8H3. The molecule has 0 aromatic heterocycles. The number of methoxy groups -OCH3 is 1. The molecule has 0 N–H and O–H groups in total. The van der Waals surface area contributed by atoms with Gasteiger partial charge in [-0.25, -0.2) is 0 Å². The van der Waals surface area contributed by atoms with Crippen molar-refractivity contribution in [3.8, 4) is 17.2 Å². The van der Waals surface area contributed by atoms with E-state index in [1.807, 2.05) is 43.3 Å². The smallest absolute Gasteiger partial charge is 0.193 e. The van der Waals surface area contributed by atoms with Crippen LogP contribution in [0.15, 0.2) is 97.1 Å². The minimum atomic E-state index is -0.218. The third-order valence-electron chi connectivity index (χ3n) is 8.63. The topological polar surface area (TPSA) is 52.6 Å². The minimum absolute atomic E-state index is 0.0661. The summed E-state index contributed by atoms with van der Waals surface area (Å²) in [6, 6.07) is 30.3. The molecule has 5 aromatic carbocycles. The van der Waals surface area contributed by atoms with E-state index in [9.17, 15) is 9.59 Å². The molecule has 0 aliphatic rings. The fourth-order valence-corrected chi connectivity index (χ4v) is 5.88. The monoisotopic (exact) mass is 596 g/mol. The van der Waals surface area contributed by atoms with E-state index >= 15 is 0 Å². The molecule has 4 nitrogen and oxygen atoms in total. The number of hydrogen-bond acceptors (Lipinski definition) is 4. The van der Waals surface area contributed by atoms with Gasteiger partial charge in [-0.2, -0.15) is 0 Å². The van der Waals surface area contributed by atoms with Crippen LogP contribution in [0.5, 0.6) is 17.2 Å². The van der Waals surface area contributed by atoms with Gasteiger partial charge in [0.05, 0.1) is 7.11 Å². The number of hydrogen-bond donors (Lipinski definition) is 0. The Morgan fingerprint density at radius 3 is 1.22 bits per heavy atom. The van der Waals surface area contributed by atoms with Crippen molar-refractivity contribution >= 4 is 11.6 Å². The van der Waals surface area contributed by atoms with Crippen molar-refractivity contribution in [3.05, 3.63) is 158 Å². The van der Waals surface area contributed by atoms with Gasteiger partial charge in [0.25, 0.3) is 0 Å². The summed E-state index contributed by atoms with van der Waals surface area (Å²) in [7, 11) is 1.72. The number of ketones is 2. The first-order chi connectivity index (χ1) is 21.4. The summed E-state index contributed by atoms with van der Waals surface area (Å²) < 4.78 is 11.9.